The van der Waals surface area contributed by atoms with Crippen LogP contribution >= 0.6 is 0 Å². The third-order valence-corrected chi connectivity index (χ3v) is 2.99. The predicted molar refractivity (Wildman–Crippen MR) is 48.5 cm³/mol. The molecular formula is C10H21CsO. The average Bonchev–Trinajstić information content (AvgIpc) is 1.85. The van der Waals surface area contributed by atoms with Crippen LogP contribution in [0.3, 0.4) is 0 Å². The molecule has 2 heteroatoms. The van der Waals surface area contributed by atoms with Crippen LogP contribution < -0.4 is 68.9 Å². The van der Waals surface area contributed by atoms with E-state index in [0.29, 0.717) is 11.8 Å². The quantitative estimate of drug-likeness (QED) is 0.694. The van der Waals surface area contributed by atoms with E-state index in [2.05, 4.69) is 20.8 Å². The van der Waals surface area contributed by atoms with E-state index in [-0.39, 0.29) is 76.4 Å². The van der Waals surface area contributed by atoms with Gasteiger partial charge in [0.1, 0.15) is 0 Å². The van der Waals surface area contributed by atoms with Crippen molar-refractivity contribution in [1.29, 1.82) is 0 Å². The van der Waals surface area contributed by atoms with Gasteiger partial charge in [-0.2, -0.15) is 0 Å². The second-order valence-corrected chi connectivity index (χ2v) is 4.39. The summed E-state index contributed by atoms with van der Waals surface area (Å²) in [5, 5.41) is 9.71. The van der Waals surface area contributed by atoms with Gasteiger partial charge in [0.05, 0.1) is 6.10 Å². The van der Waals surface area contributed by atoms with Gasteiger partial charge in [0, 0.05) is 0 Å². The molecule has 0 aromatic rings. The van der Waals surface area contributed by atoms with Crippen molar-refractivity contribution in [3.05, 3.63) is 0 Å². The van der Waals surface area contributed by atoms with Gasteiger partial charge in [-0.05, 0) is 30.6 Å². The van der Waals surface area contributed by atoms with Crippen LogP contribution in [-0.4, -0.2) is 11.2 Å². The standard InChI is InChI=1S/C10H20O.Cs.H/c1-7(2)9-5-4-8(3)6-10(9)11;;/h7-11H,4-6H2,1-3H3;;/q;+1;-1/t8-,9+,10-;;/m1../s1. The van der Waals surface area contributed by atoms with Crippen molar-refractivity contribution < 1.29 is 75.4 Å². The third kappa shape index (κ3) is 4.03. The zero-order valence-electron chi connectivity index (χ0n) is 9.88. The van der Waals surface area contributed by atoms with E-state index in [9.17, 15) is 5.11 Å². The van der Waals surface area contributed by atoms with Gasteiger partial charge in [0.25, 0.3) is 0 Å². The molecule has 0 amide bonds. The van der Waals surface area contributed by atoms with E-state index in [1.807, 2.05) is 0 Å². The topological polar surface area (TPSA) is 20.2 Å². The Morgan fingerprint density at radius 2 is 1.92 bits per heavy atom. The summed E-state index contributed by atoms with van der Waals surface area (Å²) in [5.74, 6) is 1.95. The number of aliphatic hydroxyl groups is 1. The molecule has 0 spiro atoms. The summed E-state index contributed by atoms with van der Waals surface area (Å²) in [6.45, 7) is 6.66. The molecule has 1 fully saturated rings. The molecule has 1 aliphatic carbocycles. The Morgan fingerprint density at radius 1 is 1.33 bits per heavy atom. The molecule has 1 rings (SSSR count). The van der Waals surface area contributed by atoms with E-state index in [0.717, 1.165) is 12.3 Å². The van der Waals surface area contributed by atoms with E-state index in [1.165, 1.54) is 12.8 Å². The molecule has 0 radical (unpaired) electrons. The largest absolute Gasteiger partial charge is 1.00 e. The SMILES string of the molecule is CC(C)[C@@H]1CC[C@@H](C)C[C@H]1O.[Cs+].[H-]. The first-order chi connectivity index (χ1) is 5.11. The van der Waals surface area contributed by atoms with E-state index in [1.54, 1.807) is 0 Å². The summed E-state index contributed by atoms with van der Waals surface area (Å²) < 4.78 is 0. The van der Waals surface area contributed by atoms with Crippen molar-refractivity contribution in [2.24, 2.45) is 17.8 Å². The molecule has 0 heterocycles. The normalized spacial score (nSPS) is 36.2. The van der Waals surface area contributed by atoms with Crippen molar-refractivity contribution in [2.75, 3.05) is 0 Å². The molecule has 1 saturated carbocycles. The fraction of sp³-hybridized carbons (Fsp3) is 1.00. The summed E-state index contributed by atoms with van der Waals surface area (Å²) in [6.07, 6.45) is 3.52. The summed E-state index contributed by atoms with van der Waals surface area (Å²) in [4.78, 5) is 0. The number of hydrogen-bond donors (Lipinski definition) is 1. The van der Waals surface area contributed by atoms with Crippen molar-refractivity contribution in [3.8, 4) is 0 Å². The van der Waals surface area contributed by atoms with E-state index < -0.39 is 0 Å². The second kappa shape index (κ2) is 6.49. The van der Waals surface area contributed by atoms with Crippen molar-refractivity contribution in [1.82, 2.24) is 0 Å². The Kier molecular flexibility index (Phi) is 7.57. The van der Waals surface area contributed by atoms with Gasteiger partial charge < -0.3 is 6.53 Å². The number of aliphatic hydroxyl groups excluding tert-OH is 1. The molecule has 68 valence electrons. The Morgan fingerprint density at radius 3 is 2.33 bits per heavy atom. The molecule has 0 bridgehead atoms. The monoisotopic (exact) mass is 290 g/mol. The maximum Gasteiger partial charge on any atom is 1.00 e. The molecule has 3 atom stereocenters. The van der Waals surface area contributed by atoms with Gasteiger partial charge in [0.15, 0.2) is 0 Å². The zero-order valence-corrected chi connectivity index (χ0v) is 15.2. The van der Waals surface area contributed by atoms with Crippen LogP contribution in [0.5, 0.6) is 0 Å². The molecule has 1 N–H and O–H groups in total. The summed E-state index contributed by atoms with van der Waals surface area (Å²) >= 11 is 0. The van der Waals surface area contributed by atoms with Crippen LogP contribution in [0.15, 0.2) is 0 Å². The molecule has 0 saturated heterocycles. The van der Waals surface area contributed by atoms with Crippen molar-refractivity contribution >= 4 is 0 Å². The molecule has 0 aromatic carbocycles. The third-order valence-electron chi connectivity index (χ3n) is 2.99. The maximum absolute atomic E-state index is 9.71. The molecule has 0 aromatic heterocycles. The van der Waals surface area contributed by atoms with Crippen molar-refractivity contribution in [2.45, 2.75) is 46.1 Å². The maximum atomic E-state index is 9.71. The van der Waals surface area contributed by atoms with E-state index in [4.69, 9.17) is 0 Å². The van der Waals surface area contributed by atoms with Crippen LogP contribution in [0, 0.1) is 17.8 Å². The predicted octanol–water partition coefficient (Wildman–Crippen LogP) is -0.444. The van der Waals surface area contributed by atoms with Gasteiger partial charge in [0.2, 0.25) is 0 Å². The van der Waals surface area contributed by atoms with Crippen LogP contribution in [0.25, 0.3) is 0 Å². The summed E-state index contributed by atoms with van der Waals surface area (Å²) in [6, 6.07) is 0. The Bertz CT molecular complexity index is 130. The van der Waals surface area contributed by atoms with E-state index >= 15 is 0 Å². The fourth-order valence-corrected chi connectivity index (χ4v) is 2.15. The van der Waals surface area contributed by atoms with Gasteiger partial charge in [-0.3, -0.25) is 0 Å². The Hall–Kier alpha value is 2.01. The van der Waals surface area contributed by atoms with Crippen LogP contribution in [0.4, 0.5) is 0 Å². The molecule has 1 aliphatic rings. The van der Waals surface area contributed by atoms with Crippen molar-refractivity contribution in [3.63, 3.8) is 0 Å². The number of hydrogen-bond acceptors (Lipinski definition) is 1. The van der Waals surface area contributed by atoms with Crippen LogP contribution in [0.2, 0.25) is 0 Å². The summed E-state index contributed by atoms with van der Waals surface area (Å²) in [5.41, 5.74) is 0. The smallest absolute Gasteiger partial charge is 1.00 e. The zero-order chi connectivity index (χ0) is 8.43. The van der Waals surface area contributed by atoms with Gasteiger partial charge >= 0.3 is 68.9 Å². The van der Waals surface area contributed by atoms with Gasteiger partial charge in [-0.1, -0.05) is 27.2 Å². The van der Waals surface area contributed by atoms with Gasteiger partial charge in [-0.15, -0.1) is 0 Å². The Labute approximate surface area is 137 Å². The van der Waals surface area contributed by atoms with Crippen LogP contribution in [-0.2, 0) is 0 Å². The minimum Gasteiger partial charge on any atom is -1.00 e. The first-order valence-electron chi connectivity index (χ1n) is 4.79. The average molecular weight is 290 g/mol. The minimum atomic E-state index is -0.0289. The molecule has 0 unspecified atom stereocenters. The van der Waals surface area contributed by atoms with Crippen LogP contribution in [0.1, 0.15) is 41.5 Å². The molecule has 0 aliphatic heterocycles. The fourth-order valence-electron chi connectivity index (χ4n) is 2.15. The summed E-state index contributed by atoms with van der Waals surface area (Å²) in [7, 11) is 0. The Balaban J connectivity index is 0. The molecule has 1 nitrogen and oxygen atoms in total. The number of rotatable bonds is 1. The second-order valence-electron chi connectivity index (χ2n) is 4.39. The first-order valence-corrected chi connectivity index (χ1v) is 4.79. The molecular weight excluding hydrogens is 269 g/mol. The minimum absolute atomic E-state index is 0. The van der Waals surface area contributed by atoms with Gasteiger partial charge in [-0.25, -0.2) is 0 Å². The molecule has 12 heavy (non-hydrogen) atoms. The first kappa shape index (κ1) is 14.0.